The Morgan fingerprint density at radius 2 is 2.06 bits per heavy atom. The van der Waals surface area contributed by atoms with E-state index in [4.69, 9.17) is 16.3 Å². The van der Waals surface area contributed by atoms with Crippen molar-refractivity contribution in [1.82, 2.24) is 9.97 Å². The van der Waals surface area contributed by atoms with Crippen LogP contribution < -0.4 is 4.74 Å². The van der Waals surface area contributed by atoms with Crippen LogP contribution in [0.2, 0.25) is 5.15 Å². The fraction of sp³-hybridized carbons (Fsp3) is 0.167. The molecule has 0 spiro atoms. The van der Waals surface area contributed by atoms with Crippen molar-refractivity contribution < 1.29 is 4.74 Å². The van der Waals surface area contributed by atoms with Crippen LogP contribution in [0.5, 0.6) is 5.75 Å². The molecular formula is C12H11ClN2OS2. The smallest absolute Gasteiger partial charge is 0.189 e. The summed E-state index contributed by atoms with van der Waals surface area (Å²) < 4.78 is 5.18. The van der Waals surface area contributed by atoms with Crippen molar-refractivity contribution in [3.63, 3.8) is 0 Å². The van der Waals surface area contributed by atoms with Gasteiger partial charge in [-0.3, -0.25) is 0 Å². The monoisotopic (exact) mass is 298 g/mol. The van der Waals surface area contributed by atoms with Gasteiger partial charge < -0.3 is 4.74 Å². The third-order valence-corrected chi connectivity index (χ3v) is 3.75. The average molecular weight is 299 g/mol. The number of halogens is 1. The van der Waals surface area contributed by atoms with E-state index in [1.54, 1.807) is 13.2 Å². The molecular weight excluding hydrogens is 288 g/mol. The van der Waals surface area contributed by atoms with Gasteiger partial charge in [-0.15, -0.1) is 0 Å². The van der Waals surface area contributed by atoms with E-state index in [0.717, 1.165) is 15.7 Å². The average Bonchev–Trinajstić information content (AvgIpc) is 2.38. The molecule has 0 amide bonds. The first-order chi connectivity index (χ1) is 8.71. The molecule has 1 aromatic carbocycles. The number of hydrogen-bond donors (Lipinski definition) is 0. The molecule has 0 aliphatic rings. The van der Waals surface area contributed by atoms with Crippen LogP contribution in [0.3, 0.4) is 0 Å². The number of nitrogens with zero attached hydrogens (tertiary/aromatic N) is 2. The minimum atomic E-state index is 0.458. The second-order valence-corrected chi connectivity index (χ2v) is 5.55. The molecule has 0 aliphatic heterocycles. The topological polar surface area (TPSA) is 35.0 Å². The van der Waals surface area contributed by atoms with Crippen LogP contribution in [0.1, 0.15) is 0 Å². The summed E-state index contributed by atoms with van der Waals surface area (Å²) in [5.74, 6) is 0.824. The Bertz CT molecular complexity index is 551. The van der Waals surface area contributed by atoms with E-state index >= 15 is 0 Å². The van der Waals surface area contributed by atoms with Gasteiger partial charge in [-0.2, -0.15) is 0 Å². The normalized spacial score (nSPS) is 10.4. The van der Waals surface area contributed by atoms with Crippen molar-refractivity contribution in [2.45, 2.75) is 15.1 Å². The number of rotatable bonds is 4. The lowest BCUT2D eigenvalue weighted by Gasteiger charge is -2.05. The van der Waals surface area contributed by atoms with Gasteiger partial charge in [0.2, 0.25) is 0 Å². The SMILES string of the molecule is COc1cccc(Sc2cc(Cl)nc(SC)n2)c1. The predicted molar refractivity (Wildman–Crippen MR) is 75.9 cm³/mol. The van der Waals surface area contributed by atoms with Crippen molar-refractivity contribution >= 4 is 35.1 Å². The largest absolute Gasteiger partial charge is 0.497 e. The lowest BCUT2D eigenvalue weighted by Crippen LogP contribution is -1.89. The number of benzene rings is 1. The Hall–Kier alpha value is -0.910. The highest BCUT2D eigenvalue weighted by Gasteiger charge is 2.05. The maximum Gasteiger partial charge on any atom is 0.189 e. The van der Waals surface area contributed by atoms with Crippen molar-refractivity contribution in [1.29, 1.82) is 0 Å². The first kappa shape index (κ1) is 13.5. The molecule has 0 saturated carbocycles. The van der Waals surface area contributed by atoms with Gasteiger partial charge in [-0.25, -0.2) is 9.97 Å². The second kappa shape index (κ2) is 6.31. The zero-order valence-electron chi connectivity index (χ0n) is 9.88. The quantitative estimate of drug-likeness (QED) is 0.484. The van der Waals surface area contributed by atoms with Gasteiger partial charge in [-0.1, -0.05) is 41.2 Å². The Balaban J connectivity index is 2.24. The van der Waals surface area contributed by atoms with Crippen molar-refractivity contribution in [3.8, 4) is 5.75 Å². The van der Waals surface area contributed by atoms with Crippen molar-refractivity contribution in [3.05, 3.63) is 35.5 Å². The summed E-state index contributed by atoms with van der Waals surface area (Å²) >= 11 is 8.95. The molecule has 0 fully saturated rings. The highest BCUT2D eigenvalue weighted by atomic mass is 35.5. The molecule has 0 atom stereocenters. The number of thioether (sulfide) groups is 1. The van der Waals surface area contributed by atoms with Crippen LogP contribution in [0.4, 0.5) is 0 Å². The van der Waals surface area contributed by atoms with E-state index in [9.17, 15) is 0 Å². The van der Waals surface area contributed by atoms with Gasteiger partial charge in [0.25, 0.3) is 0 Å². The molecule has 0 radical (unpaired) electrons. The summed E-state index contributed by atoms with van der Waals surface area (Å²) in [4.78, 5) is 9.55. The van der Waals surface area contributed by atoms with E-state index in [0.29, 0.717) is 10.3 Å². The molecule has 1 aromatic heterocycles. The fourth-order valence-electron chi connectivity index (χ4n) is 1.31. The van der Waals surface area contributed by atoms with Crippen molar-refractivity contribution in [2.75, 3.05) is 13.4 Å². The minimum Gasteiger partial charge on any atom is -0.497 e. The van der Waals surface area contributed by atoms with E-state index < -0.39 is 0 Å². The van der Waals surface area contributed by atoms with Crippen LogP contribution in [0, 0.1) is 0 Å². The van der Waals surface area contributed by atoms with Gasteiger partial charge in [0.15, 0.2) is 5.16 Å². The summed E-state index contributed by atoms with van der Waals surface area (Å²) in [7, 11) is 1.65. The Morgan fingerprint density at radius 3 is 2.78 bits per heavy atom. The summed E-state index contributed by atoms with van der Waals surface area (Å²) in [5.41, 5.74) is 0. The lowest BCUT2D eigenvalue weighted by atomic mass is 10.3. The molecule has 18 heavy (non-hydrogen) atoms. The molecule has 6 heteroatoms. The molecule has 0 saturated heterocycles. The molecule has 0 bridgehead atoms. The van der Waals surface area contributed by atoms with Gasteiger partial charge in [0.05, 0.1) is 7.11 Å². The van der Waals surface area contributed by atoms with Crippen LogP contribution in [-0.2, 0) is 0 Å². The number of ether oxygens (including phenoxy) is 1. The molecule has 2 aromatic rings. The highest BCUT2D eigenvalue weighted by Crippen LogP contribution is 2.30. The van der Waals surface area contributed by atoms with E-state index in [1.165, 1.54) is 23.5 Å². The minimum absolute atomic E-state index is 0.458. The Labute approximate surface area is 119 Å². The fourth-order valence-corrected chi connectivity index (χ4v) is 2.91. The van der Waals surface area contributed by atoms with Crippen LogP contribution >= 0.6 is 35.1 Å². The van der Waals surface area contributed by atoms with Gasteiger partial charge in [0, 0.05) is 11.0 Å². The molecule has 0 unspecified atom stereocenters. The summed E-state index contributed by atoms with van der Waals surface area (Å²) in [6, 6.07) is 9.57. The zero-order valence-corrected chi connectivity index (χ0v) is 12.3. The standard InChI is InChI=1S/C12H11ClN2OS2/c1-16-8-4-3-5-9(6-8)18-11-7-10(13)14-12(15-11)17-2/h3-7H,1-2H3. The third kappa shape index (κ3) is 3.54. The maximum absolute atomic E-state index is 5.95. The van der Waals surface area contributed by atoms with Crippen LogP contribution in [0.25, 0.3) is 0 Å². The van der Waals surface area contributed by atoms with E-state index in [2.05, 4.69) is 9.97 Å². The number of hydrogen-bond acceptors (Lipinski definition) is 5. The zero-order chi connectivity index (χ0) is 13.0. The number of aromatic nitrogens is 2. The molecule has 2 rings (SSSR count). The highest BCUT2D eigenvalue weighted by molar-refractivity contribution is 7.99. The number of methoxy groups -OCH3 is 1. The summed E-state index contributed by atoms with van der Waals surface area (Å²) in [6.45, 7) is 0. The first-order valence-corrected chi connectivity index (χ1v) is 7.53. The van der Waals surface area contributed by atoms with E-state index in [1.807, 2.05) is 30.5 Å². The molecule has 0 N–H and O–H groups in total. The second-order valence-electron chi connectivity index (χ2n) is 3.30. The molecule has 1 heterocycles. The van der Waals surface area contributed by atoms with Crippen LogP contribution in [0.15, 0.2) is 45.4 Å². The molecule has 94 valence electrons. The maximum atomic E-state index is 5.95. The third-order valence-electron chi connectivity index (χ3n) is 2.10. The molecule has 3 nitrogen and oxygen atoms in total. The lowest BCUT2D eigenvalue weighted by molar-refractivity contribution is 0.413. The van der Waals surface area contributed by atoms with Gasteiger partial charge >= 0.3 is 0 Å². The van der Waals surface area contributed by atoms with Crippen molar-refractivity contribution in [2.24, 2.45) is 0 Å². The van der Waals surface area contributed by atoms with Crippen LogP contribution in [-0.4, -0.2) is 23.3 Å². The van der Waals surface area contributed by atoms with Gasteiger partial charge in [0.1, 0.15) is 15.9 Å². The van der Waals surface area contributed by atoms with Gasteiger partial charge in [-0.05, 0) is 24.5 Å². The Kier molecular flexibility index (Phi) is 4.74. The predicted octanol–water partition coefficient (Wildman–Crippen LogP) is 4.01. The molecule has 0 aliphatic carbocycles. The van der Waals surface area contributed by atoms with E-state index in [-0.39, 0.29) is 0 Å². The first-order valence-electron chi connectivity index (χ1n) is 5.12. The summed E-state index contributed by atoms with van der Waals surface area (Å²) in [6.07, 6.45) is 1.92. The Morgan fingerprint density at radius 1 is 1.22 bits per heavy atom. The summed E-state index contributed by atoms with van der Waals surface area (Å²) in [5, 5.41) is 1.96.